The van der Waals surface area contributed by atoms with Crippen LogP contribution in [0.25, 0.3) is 6.08 Å². The SMILES string of the molecule is COc1ccc(C=CC(=O)NC(=S)NNC(=O)Cc2ccc(OC)cc2)cc1. The number of amides is 2. The number of hydrogen-bond donors (Lipinski definition) is 3. The first-order valence-electron chi connectivity index (χ1n) is 8.35. The number of hydrogen-bond acceptors (Lipinski definition) is 5. The maximum Gasteiger partial charge on any atom is 0.250 e. The first-order valence-corrected chi connectivity index (χ1v) is 8.76. The molecule has 0 aliphatic rings. The van der Waals surface area contributed by atoms with Crippen LogP contribution in [0.4, 0.5) is 0 Å². The van der Waals surface area contributed by atoms with Crippen molar-refractivity contribution >= 4 is 35.2 Å². The summed E-state index contributed by atoms with van der Waals surface area (Å²) in [5, 5.41) is 2.44. The number of thiocarbonyl (C=S) groups is 1. The van der Waals surface area contributed by atoms with Gasteiger partial charge in [-0.3, -0.25) is 25.8 Å². The van der Waals surface area contributed by atoms with E-state index in [0.29, 0.717) is 5.75 Å². The molecule has 2 rings (SSSR count). The van der Waals surface area contributed by atoms with Gasteiger partial charge >= 0.3 is 0 Å². The molecule has 0 bridgehead atoms. The van der Waals surface area contributed by atoms with Gasteiger partial charge < -0.3 is 9.47 Å². The fraction of sp³-hybridized carbons (Fsp3) is 0.150. The highest BCUT2D eigenvalue weighted by Crippen LogP contribution is 2.12. The predicted octanol–water partition coefficient (Wildman–Crippen LogP) is 1.98. The second-order valence-electron chi connectivity index (χ2n) is 5.62. The van der Waals surface area contributed by atoms with Crippen LogP contribution >= 0.6 is 12.2 Å². The van der Waals surface area contributed by atoms with Crippen LogP contribution in [-0.4, -0.2) is 31.1 Å². The second kappa shape index (κ2) is 10.7. The number of carbonyl (C=O) groups excluding carboxylic acids is 2. The fourth-order valence-electron chi connectivity index (χ4n) is 2.17. The van der Waals surface area contributed by atoms with Gasteiger partial charge in [0.05, 0.1) is 20.6 Å². The van der Waals surface area contributed by atoms with E-state index >= 15 is 0 Å². The van der Waals surface area contributed by atoms with Crippen molar-refractivity contribution in [2.45, 2.75) is 6.42 Å². The van der Waals surface area contributed by atoms with E-state index in [1.807, 2.05) is 12.1 Å². The molecule has 0 fully saturated rings. The summed E-state index contributed by atoms with van der Waals surface area (Å²) in [6.07, 6.45) is 3.14. The van der Waals surface area contributed by atoms with E-state index in [0.717, 1.165) is 16.9 Å². The molecule has 0 aromatic heterocycles. The Morgan fingerprint density at radius 3 is 2.07 bits per heavy atom. The van der Waals surface area contributed by atoms with Gasteiger partial charge in [0.25, 0.3) is 0 Å². The van der Waals surface area contributed by atoms with Gasteiger partial charge in [0.15, 0.2) is 5.11 Å². The van der Waals surface area contributed by atoms with Crippen molar-refractivity contribution in [2.75, 3.05) is 14.2 Å². The summed E-state index contributed by atoms with van der Waals surface area (Å²) in [5.74, 6) is 0.736. The van der Waals surface area contributed by atoms with Gasteiger partial charge in [0.1, 0.15) is 11.5 Å². The third-order valence-electron chi connectivity index (χ3n) is 3.62. The molecule has 0 aliphatic heterocycles. The van der Waals surface area contributed by atoms with E-state index in [9.17, 15) is 9.59 Å². The van der Waals surface area contributed by atoms with Gasteiger partial charge in [-0.15, -0.1) is 0 Å². The molecule has 0 aliphatic carbocycles. The minimum absolute atomic E-state index is 0.00698. The van der Waals surface area contributed by atoms with Crippen molar-refractivity contribution in [3.63, 3.8) is 0 Å². The lowest BCUT2D eigenvalue weighted by molar-refractivity contribution is -0.121. The van der Waals surface area contributed by atoms with E-state index in [1.165, 1.54) is 6.08 Å². The van der Waals surface area contributed by atoms with Crippen LogP contribution in [0.3, 0.4) is 0 Å². The van der Waals surface area contributed by atoms with Crippen molar-refractivity contribution in [3.05, 3.63) is 65.7 Å². The zero-order valence-corrected chi connectivity index (χ0v) is 16.3. The van der Waals surface area contributed by atoms with Gasteiger partial charge in [-0.2, -0.15) is 0 Å². The molecule has 0 atom stereocenters. The molecule has 0 saturated carbocycles. The number of hydrazine groups is 1. The number of methoxy groups -OCH3 is 2. The third-order valence-corrected chi connectivity index (χ3v) is 3.82. The van der Waals surface area contributed by atoms with Crippen LogP contribution in [0.2, 0.25) is 0 Å². The lowest BCUT2D eigenvalue weighted by Gasteiger charge is -2.10. The number of benzene rings is 2. The Hall–Kier alpha value is -3.39. The molecule has 8 heteroatoms. The molecular formula is C20H21N3O4S. The van der Waals surface area contributed by atoms with Crippen LogP contribution in [0.15, 0.2) is 54.6 Å². The molecule has 0 unspecified atom stereocenters. The van der Waals surface area contributed by atoms with E-state index in [2.05, 4.69) is 16.2 Å². The Morgan fingerprint density at radius 2 is 1.50 bits per heavy atom. The molecule has 0 heterocycles. The lowest BCUT2D eigenvalue weighted by Crippen LogP contribution is -2.48. The van der Waals surface area contributed by atoms with Gasteiger partial charge in [-0.1, -0.05) is 24.3 Å². The van der Waals surface area contributed by atoms with E-state index < -0.39 is 5.91 Å². The molecule has 0 radical (unpaired) electrons. The first-order chi connectivity index (χ1) is 13.5. The second-order valence-corrected chi connectivity index (χ2v) is 6.03. The van der Waals surface area contributed by atoms with Crippen LogP contribution < -0.4 is 25.6 Å². The highest BCUT2D eigenvalue weighted by atomic mass is 32.1. The van der Waals surface area contributed by atoms with Crippen molar-refractivity contribution in [1.82, 2.24) is 16.2 Å². The molecule has 2 aromatic carbocycles. The predicted molar refractivity (Wildman–Crippen MR) is 111 cm³/mol. The minimum atomic E-state index is -0.419. The summed E-state index contributed by atoms with van der Waals surface area (Å²) in [5.41, 5.74) is 6.58. The standard InChI is InChI=1S/C20H21N3O4S/c1-26-16-8-3-14(4-9-16)7-12-18(24)21-20(28)23-22-19(25)13-15-5-10-17(27-2)11-6-15/h3-12H,13H2,1-2H3,(H,22,25)(H2,21,23,24,28). The molecular weight excluding hydrogens is 378 g/mol. The van der Waals surface area contributed by atoms with Gasteiger partial charge in [-0.25, -0.2) is 0 Å². The van der Waals surface area contributed by atoms with Gasteiger partial charge in [0.2, 0.25) is 11.8 Å². The van der Waals surface area contributed by atoms with Crippen molar-refractivity contribution in [3.8, 4) is 11.5 Å². The average Bonchev–Trinajstić information content (AvgIpc) is 2.71. The molecule has 0 spiro atoms. The summed E-state index contributed by atoms with van der Waals surface area (Å²) < 4.78 is 10.1. The van der Waals surface area contributed by atoms with E-state index in [-0.39, 0.29) is 17.4 Å². The number of carbonyl (C=O) groups is 2. The van der Waals surface area contributed by atoms with Crippen LogP contribution in [0.5, 0.6) is 11.5 Å². The Kier molecular flexibility index (Phi) is 7.98. The van der Waals surface area contributed by atoms with Crippen molar-refractivity contribution < 1.29 is 19.1 Å². The Balaban J connectivity index is 1.73. The maximum absolute atomic E-state index is 11.9. The lowest BCUT2D eigenvalue weighted by atomic mass is 10.1. The van der Waals surface area contributed by atoms with Crippen LogP contribution in [0, 0.1) is 0 Å². The van der Waals surface area contributed by atoms with E-state index in [1.54, 1.807) is 56.7 Å². The third kappa shape index (κ3) is 7.08. The average molecular weight is 399 g/mol. The summed E-state index contributed by atoms with van der Waals surface area (Å²) in [6, 6.07) is 14.4. The van der Waals surface area contributed by atoms with Gasteiger partial charge in [-0.05, 0) is 53.7 Å². The Bertz CT molecular complexity index is 849. The molecule has 7 nitrogen and oxygen atoms in total. The Labute approximate surface area is 168 Å². The summed E-state index contributed by atoms with van der Waals surface area (Å²) in [7, 11) is 3.16. The maximum atomic E-state index is 11.9. The zero-order valence-electron chi connectivity index (χ0n) is 15.5. The summed E-state index contributed by atoms with van der Waals surface area (Å²) >= 11 is 4.99. The van der Waals surface area contributed by atoms with Crippen LogP contribution in [0.1, 0.15) is 11.1 Å². The monoisotopic (exact) mass is 399 g/mol. The first kappa shape index (κ1) is 20.9. The molecule has 2 amide bonds. The van der Waals surface area contributed by atoms with Gasteiger partial charge in [0, 0.05) is 6.08 Å². The highest BCUT2D eigenvalue weighted by molar-refractivity contribution is 7.80. The normalized spacial score (nSPS) is 10.2. The van der Waals surface area contributed by atoms with Crippen molar-refractivity contribution in [1.29, 1.82) is 0 Å². The fourth-order valence-corrected chi connectivity index (χ4v) is 2.32. The molecule has 3 N–H and O–H groups in total. The number of ether oxygens (including phenoxy) is 2. The number of nitrogens with one attached hydrogen (secondary N) is 3. The summed E-state index contributed by atoms with van der Waals surface area (Å²) in [6.45, 7) is 0. The molecule has 2 aromatic rings. The highest BCUT2D eigenvalue weighted by Gasteiger charge is 2.05. The molecule has 146 valence electrons. The molecule has 0 saturated heterocycles. The largest absolute Gasteiger partial charge is 0.497 e. The Morgan fingerprint density at radius 1 is 0.929 bits per heavy atom. The minimum Gasteiger partial charge on any atom is -0.497 e. The number of rotatable bonds is 6. The smallest absolute Gasteiger partial charge is 0.250 e. The van der Waals surface area contributed by atoms with Crippen molar-refractivity contribution in [2.24, 2.45) is 0 Å². The molecule has 28 heavy (non-hydrogen) atoms. The zero-order chi connectivity index (χ0) is 20.4. The quantitative estimate of drug-likeness (QED) is 0.391. The topological polar surface area (TPSA) is 88.7 Å². The van der Waals surface area contributed by atoms with E-state index in [4.69, 9.17) is 21.7 Å². The van der Waals surface area contributed by atoms with Crippen LogP contribution in [-0.2, 0) is 16.0 Å². The summed E-state index contributed by atoms with van der Waals surface area (Å²) in [4.78, 5) is 23.8.